The van der Waals surface area contributed by atoms with Gasteiger partial charge in [-0.3, -0.25) is 4.79 Å². The van der Waals surface area contributed by atoms with Gasteiger partial charge in [-0.1, -0.05) is 58.9 Å². The van der Waals surface area contributed by atoms with Gasteiger partial charge in [0, 0.05) is 5.02 Å². The summed E-state index contributed by atoms with van der Waals surface area (Å²) < 4.78 is 4.97. The molecule has 1 fully saturated rings. The van der Waals surface area contributed by atoms with Crippen LogP contribution in [0, 0.1) is 0 Å². The predicted octanol–water partition coefficient (Wildman–Crippen LogP) is 5.00. The van der Waals surface area contributed by atoms with Crippen LogP contribution in [-0.2, 0) is 20.3 Å². The fourth-order valence-corrected chi connectivity index (χ4v) is 4.20. The molecule has 0 aliphatic heterocycles. The monoisotopic (exact) mass is 358 g/mol. The maximum absolute atomic E-state index is 11.5. The van der Waals surface area contributed by atoms with Crippen molar-refractivity contribution in [2.24, 2.45) is 0 Å². The van der Waals surface area contributed by atoms with Gasteiger partial charge in [0.25, 0.3) is 0 Å². The summed E-state index contributed by atoms with van der Waals surface area (Å²) in [5, 5.41) is 0.741. The lowest BCUT2D eigenvalue weighted by molar-refractivity contribution is -0.142. The van der Waals surface area contributed by atoms with Gasteiger partial charge in [-0.2, -0.15) is 0 Å². The van der Waals surface area contributed by atoms with Gasteiger partial charge in [-0.25, -0.2) is 0 Å². The van der Waals surface area contributed by atoms with Gasteiger partial charge in [0.15, 0.2) is 0 Å². The summed E-state index contributed by atoms with van der Waals surface area (Å²) in [5.74, 6) is -0.206. The van der Waals surface area contributed by atoms with E-state index < -0.39 is 0 Å². The summed E-state index contributed by atoms with van der Waals surface area (Å²) in [6.45, 7) is 2.22. The number of carbonyl (C=O) groups excluding carboxylic acids is 1. The molecule has 0 spiro atoms. The van der Waals surface area contributed by atoms with Crippen LogP contribution in [0.4, 0.5) is 0 Å². The molecule has 4 heteroatoms. The molecule has 1 aliphatic rings. The summed E-state index contributed by atoms with van der Waals surface area (Å²) >= 11 is 10.3. The minimum atomic E-state index is -0.206. The van der Waals surface area contributed by atoms with Crippen LogP contribution in [-0.4, -0.2) is 12.6 Å². The largest absolute Gasteiger partial charge is 0.466 e. The number of benzene rings is 1. The van der Waals surface area contributed by atoms with Gasteiger partial charge in [-0.15, -0.1) is 0 Å². The first kappa shape index (κ1) is 15.8. The Morgan fingerprint density at radius 2 is 2.05 bits per heavy atom. The van der Waals surface area contributed by atoms with E-state index in [1.807, 2.05) is 19.1 Å². The average Bonchev–Trinajstić information content (AvgIpc) is 2.39. The molecule has 110 valence electrons. The molecule has 0 saturated heterocycles. The van der Waals surface area contributed by atoms with Crippen LogP contribution in [0.3, 0.4) is 0 Å². The second-order valence-corrected chi connectivity index (χ2v) is 7.25. The van der Waals surface area contributed by atoms with E-state index in [9.17, 15) is 4.79 Å². The summed E-state index contributed by atoms with van der Waals surface area (Å²) in [7, 11) is 0. The molecule has 0 amide bonds. The summed E-state index contributed by atoms with van der Waals surface area (Å²) in [6.07, 6.45) is 6.27. The van der Waals surface area contributed by atoms with E-state index in [0.29, 0.717) is 6.61 Å². The summed E-state index contributed by atoms with van der Waals surface area (Å²) in [6, 6.07) is 5.93. The van der Waals surface area contributed by atoms with Crippen LogP contribution >= 0.6 is 27.5 Å². The maximum atomic E-state index is 11.5. The Hall–Kier alpha value is -0.540. The molecule has 2 rings (SSSR count). The highest BCUT2D eigenvalue weighted by Crippen LogP contribution is 2.47. The van der Waals surface area contributed by atoms with E-state index in [4.69, 9.17) is 16.3 Å². The van der Waals surface area contributed by atoms with Gasteiger partial charge in [0.1, 0.15) is 0 Å². The van der Waals surface area contributed by atoms with Crippen LogP contribution in [0.15, 0.2) is 18.2 Å². The van der Waals surface area contributed by atoms with Crippen molar-refractivity contribution in [3.05, 3.63) is 34.3 Å². The highest BCUT2D eigenvalue weighted by atomic mass is 79.9. The Labute approximate surface area is 134 Å². The summed E-state index contributed by atoms with van der Waals surface area (Å²) in [5.41, 5.74) is 2.05. The van der Waals surface area contributed by atoms with E-state index in [1.165, 1.54) is 19.3 Å². The first-order chi connectivity index (χ1) is 9.55. The van der Waals surface area contributed by atoms with Crippen LogP contribution in [0.25, 0.3) is 0 Å². The second-order valence-electron chi connectivity index (χ2n) is 5.32. The Bertz CT molecular complexity index is 481. The zero-order chi connectivity index (χ0) is 14.6. The van der Waals surface area contributed by atoms with Crippen LogP contribution < -0.4 is 0 Å². The minimum Gasteiger partial charge on any atom is -0.466 e. The van der Waals surface area contributed by atoms with Gasteiger partial charge < -0.3 is 4.74 Å². The van der Waals surface area contributed by atoms with Crippen LogP contribution in [0.2, 0.25) is 5.02 Å². The average molecular weight is 360 g/mol. The molecule has 1 aromatic rings. The topological polar surface area (TPSA) is 26.3 Å². The standard InChI is InChI=1S/C16H20BrClO2/c1-2-20-15(19)11-12-6-7-13(14(18)10-12)16(17)8-4-3-5-9-16/h6-7,10H,2-5,8-9,11H2,1H3. The fourth-order valence-electron chi connectivity index (χ4n) is 2.79. The number of carbonyl (C=O) groups is 1. The van der Waals surface area contributed by atoms with Crippen LogP contribution in [0.1, 0.15) is 50.2 Å². The van der Waals surface area contributed by atoms with E-state index in [1.54, 1.807) is 0 Å². The Kier molecular flexibility index (Phi) is 5.50. The van der Waals surface area contributed by atoms with Gasteiger partial charge in [-0.05, 0) is 37.0 Å². The third kappa shape index (κ3) is 3.76. The zero-order valence-electron chi connectivity index (χ0n) is 11.8. The van der Waals surface area contributed by atoms with E-state index in [2.05, 4.69) is 22.0 Å². The predicted molar refractivity (Wildman–Crippen MR) is 85.5 cm³/mol. The quantitative estimate of drug-likeness (QED) is 0.558. The Morgan fingerprint density at radius 3 is 2.65 bits per heavy atom. The smallest absolute Gasteiger partial charge is 0.310 e. The molecule has 0 N–H and O–H groups in total. The number of ether oxygens (including phenoxy) is 1. The lowest BCUT2D eigenvalue weighted by atomic mass is 9.83. The number of esters is 1. The van der Waals surface area contributed by atoms with E-state index in [-0.39, 0.29) is 16.7 Å². The van der Waals surface area contributed by atoms with Crippen molar-refractivity contribution >= 4 is 33.5 Å². The molecule has 0 aromatic heterocycles. The normalized spacial score (nSPS) is 17.8. The molecule has 0 radical (unpaired) electrons. The maximum Gasteiger partial charge on any atom is 0.310 e. The molecular weight excluding hydrogens is 340 g/mol. The number of rotatable bonds is 4. The van der Waals surface area contributed by atoms with Crippen molar-refractivity contribution < 1.29 is 9.53 Å². The number of alkyl halides is 1. The molecule has 0 atom stereocenters. The first-order valence-electron chi connectivity index (χ1n) is 7.18. The lowest BCUT2D eigenvalue weighted by Crippen LogP contribution is -2.22. The van der Waals surface area contributed by atoms with Crippen molar-refractivity contribution in [1.29, 1.82) is 0 Å². The molecule has 0 heterocycles. The minimum absolute atomic E-state index is 0.00475. The number of hydrogen-bond acceptors (Lipinski definition) is 2. The number of hydrogen-bond donors (Lipinski definition) is 0. The third-order valence-electron chi connectivity index (χ3n) is 3.82. The van der Waals surface area contributed by atoms with Crippen molar-refractivity contribution in [2.75, 3.05) is 6.61 Å². The van der Waals surface area contributed by atoms with Crippen molar-refractivity contribution in [3.63, 3.8) is 0 Å². The molecular formula is C16H20BrClO2. The SMILES string of the molecule is CCOC(=O)Cc1ccc(C2(Br)CCCCC2)c(Cl)c1. The molecule has 20 heavy (non-hydrogen) atoms. The second kappa shape index (κ2) is 6.95. The van der Waals surface area contributed by atoms with Crippen molar-refractivity contribution in [2.45, 2.75) is 49.8 Å². The van der Waals surface area contributed by atoms with Crippen molar-refractivity contribution in [3.8, 4) is 0 Å². The molecule has 1 aliphatic carbocycles. The first-order valence-corrected chi connectivity index (χ1v) is 8.36. The third-order valence-corrected chi connectivity index (χ3v) is 5.35. The molecule has 0 unspecified atom stereocenters. The number of halogens is 2. The Morgan fingerprint density at radius 1 is 1.35 bits per heavy atom. The Balaban J connectivity index is 2.15. The van der Waals surface area contributed by atoms with E-state index in [0.717, 1.165) is 29.0 Å². The summed E-state index contributed by atoms with van der Waals surface area (Å²) in [4.78, 5) is 11.5. The van der Waals surface area contributed by atoms with Gasteiger partial charge in [0.2, 0.25) is 0 Å². The van der Waals surface area contributed by atoms with Crippen molar-refractivity contribution in [1.82, 2.24) is 0 Å². The highest BCUT2D eigenvalue weighted by molar-refractivity contribution is 9.09. The van der Waals surface area contributed by atoms with Gasteiger partial charge >= 0.3 is 5.97 Å². The molecule has 1 saturated carbocycles. The molecule has 2 nitrogen and oxygen atoms in total. The highest BCUT2D eigenvalue weighted by Gasteiger charge is 2.32. The van der Waals surface area contributed by atoms with Gasteiger partial charge in [0.05, 0.1) is 17.4 Å². The lowest BCUT2D eigenvalue weighted by Gasteiger charge is -2.33. The zero-order valence-corrected chi connectivity index (χ0v) is 14.1. The van der Waals surface area contributed by atoms with Crippen LogP contribution in [0.5, 0.6) is 0 Å². The molecule has 0 bridgehead atoms. The molecule has 1 aromatic carbocycles. The fraction of sp³-hybridized carbons (Fsp3) is 0.562. The van der Waals surface area contributed by atoms with E-state index >= 15 is 0 Å².